The zero-order chi connectivity index (χ0) is 12.3. The Morgan fingerprint density at radius 3 is 2.50 bits per heavy atom. The van der Waals surface area contributed by atoms with E-state index in [1.165, 1.54) is 0 Å². The molecule has 0 bridgehead atoms. The minimum atomic E-state index is -0.427. The van der Waals surface area contributed by atoms with Crippen LogP contribution in [0, 0.1) is 11.8 Å². The Balaban J connectivity index is 2.44. The molecule has 0 aromatic heterocycles. The van der Waals surface area contributed by atoms with Gasteiger partial charge in [0.15, 0.2) is 0 Å². The minimum Gasteiger partial charge on any atom is -0.444 e. The second-order valence-corrected chi connectivity index (χ2v) is 5.82. The Hall–Kier alpha value is -0.770. The molecule has 1 rings (SSSR count). The van der Waals surface area contributed by atoms with Crippen LogP contribution in [0.1, 0.15) is 34.6 Å². The van der Waals surface area contributed by atoms with Gasteiger partial charge in [0.1, 0.15) is 5.60 Å². The van der Waals surface area contributed by atoms with Crippen LogP contribution in [0.15, 0.2) is 0 Å². The third kappa shape index (κ3) is 4.00. The molecule has 1 aliphatic heterocycles. The Morgan fingerprint density at radius 1 is 1.38 bits per heavy atom. The number of ether oxygens (including phenoxy) is 1. The van der Waals surface area contributed by atoms with Gasteiger partial charge in [-0.3, -0.25) is 0 Å². The molecule has 0 aromatic rings. The quantitative estimate of drug-likeness (QED) is 0.757. The van der Waals surface area contributed by atoms with Crippen molar-refractivity contribution in [3.05, 3.63) is 0 Å². The van der Waals surface area contributed by atoms with E-state index in [1.54, 1.807) is 0 Å². The van der Waals surface area contributed by atoms with Gasteiger partial charge >= 0.3 is 6.09 Å². The second-order valence-electron chi connectivity index (χ2n) is 5.82. The molecule has 2 atom stereocenters. The molecule has 4 nitrogen and oxygen atoms in total. The number of carbonyl (C=O) groups is 1. The van der Waals surface area contributed by atoms with Gasteiger partial charge in [0.05, 0.1) is 0 Å². The largest absolute Gasteiger partial charge is 0.444 e. The van der Waals surface area contributed by atoms with Gasteiger partial charge < -0.3 is 15.4 Å². The van der Waals surface area contributed by atoms with Gasteiger partial charge in [0.2, 0.25) is 0 Å². The highest BCUT2D eigenvalue weighted by molar-refractivity contribution is 5.68. The van der Waals surface area contributed by atoms with Crippen molar-refractivity contribution in [2.45, 2.75) is 46.3 Å². The molecule has 1 heterocycles. The van der Waals surface area contributed by atoms with Gasteiger partial charge in [-0.1, -0.05) is 13.8 Å². The highest BCUT2D eigenvalue weighted by Gasteiger charge is 2.31. The van der Waals surface area contributed by atoms with Gasteiger partial charge in [-0.05, 0) is 32.6 Å². The summed E-state index contributed by atoms with van der Waals surface area (Å²) < 4.78 is 5.25. The molecule has 0 radical (unpaired) electrons. The SMILES string of the molecule is CC(C)[C@@H]1CNC[C@@H]1NC(=O)OC(C)(C)C. The van der Waals surface area contributed by atoms with E-state index in [9.17, 15) is 4.79 Å². The first-order valence-corrected chi connectivity index (χ1v) is 6.00. The maximum Gasteiger partial charge on any atom is 0.407 e. The van der Waals surface area contributed by atoms with Crippen molar-refractivity contribution in [1.29, 1.82) is 0 Å². The van der Waals surface area contributed by atoms with E-state index in [2.05, 4.69) is 24.5 Å². The molecule has 94 valence electrons. The molecule has 1 amide bonds. The third-order valence-electron chi connectivity index (χ3n) is 2.82. The van der Waals surface area contributed by atoms with Crippen LogP contribution in [0.2, 0.25) is 0 Å². The molecule has 4 heteroatoms. The van der Waals surface area contributed by atoms with Crippen LogP contribution in [0.5, 0.6) is 0 Å². The fraction of sp³-hybridized carbons (Fsp3) is 0.917. The van der Waals surface area contributed by atoms with Crippen LogP contribution in [0.3, 0.4) is 0 Å². The Kier molecular flexibility index (Phi) is 4.19. The van der Waals surface area contributed by atoms with Crippen molar-refractivity contribution >= 4 is 6.09 Å². The summed E-state index contributed by atoms with van der Waals surface area (Å²) >= 11 is 0. The van der Waals surface area contributed by atoms with Gasteiger partial charge in [-0.25, -0.2) is 4.79 Å². The van der Waals surface area contributed by atoms with Crippen molar-refractivity contribution in [2.24, 2.45) is 11.8 Å². The molecular weight excluding hydrogens is 204 g/mol. The molecule has 0 saturated carbocycles. The predicted molar refractivity (Wildman–Crippen MR) is 64.4 cm³/mol. The van der Waals surface area contributed by atoms with Crippen LogP contribution in [-0.4, -0.2) is 30.8 Å². The lowest BCUT2D eigenvalue weighted by molar-refractivity contribution is 0.0491. The van der Waals surface area contributed by atoms with Crippen LogP contribution in [0.25, 0.3) is 0 Å². The number of carbonyl (C=O) groups excluding carboxylic acids is 1. The van der Waals surface area contributed by atoms with Crippen molar-refractivity contribution in [3.63, 3.8) is 0 Å². The van der Waals surface area contributed by atoms with E-state index >= 15 is 0 Å². The summed E-state index contributed by atoms with van der Waals surface area (Å²) in [6.45, 7) is 11.8. The van der Waals surface area contributed by atoms with Gasteiger partial charge in [0.25, 0.3) is 0 Å². The maximum absolute atomic E-state index is 11.6. The summed E-state index contributed by atoms with van der Waals surface area (Å²) in [6, 6.07) is 0.190. The zero-order valence-electron chi connectivity index (χ0n) is 11.0. The second kappa shape index (κ2) is 5.04. The summed E-state index contributed by atoms with van der Waals surface area (Å²) in [5, 5.41) is 6.24. The molecule has 1 saturated heterocycles. The smallest absolute Gasteiger partial charge is 0.407 e. The van der Waals surface area contributed by atoms with Crippen molar-refractivity contribution in [2.75, 3.05) is 13.1 Å². The first-order chi connectivity index (χ1) is 7.29. The molecule has 16 heavy (non-hydrogen) atoms. The highest BCUT2D eigenvalue weighted by atomic mass is 16.6. The fourth-order valence-electron chi connectivity index (χ4n) is 2.02. The lowest BCUT2D eigenvalue weighted by atomic mass is 9.91. The molecule has 0 aromatic carbocycles. The lowest BCUT2D eigenvalue weighted by Crippen LogP contribution is -2.44. The average Bonchev–Trinajstić information content (AvgIpc) is 2.47. The van der Waals surface area contributed by atoms with E-state index < -0.39 is 5.60 Å². The first kappa shape index (κ1) is 13.3. The van der Waals surface area contributed by atoms with E-state index in [-0.39, 0.29) is 12.1 Å². The lowest BCUT2D eigenvalue weighted by Gasteiger charge is -2.25. The Labute approximate surface area is 98.1 Å². The van der Waals surface area contributed by atoms with Crippen molar-refractivity contribution < 1.29 is 9.53 Å². The normalized spacial score (nSPS) is 25.9. The van der Waals surface area contributed by atoms with E-state index in [1.807, 2.05) is 20.8 Å². The maximum atomic E-state index is 11.6. The zero-order valence-corrected chi connectivity index (χ0v) is 11.0. The highest BCUT2D eigenvalue weighted by Crippen LogP contribution is 2.19. The van der Waals surface area contributed by atoms with E-state index in [0.29, 0.717) is 11.8 Å². The Bertz CT molecular complexity index is 246. The Morgan fingerprint density at radius 2 is 2.00 bits per heavy atom. The average molecular weight is 228 g/mol. The van der Waals surface area contributed by atoms with E-state index in [4.69, 9.17) is 4.74 Å². The third-order valence-corrected chi connectivity index (χ3v) is 2.82. The molecular formula is C12H24N2O2. The van der Waals surface area contributed by atoms with Crippen LogP contribution < -0.4 is 10.6 Å². The van der Waals surface area contributed by atoms with E-state index in [0.717, 1.165) is 13.1 Å². The molecule has 0 spiro atoms. The van der Waals surface area contributed by atoms with Crippen molar-refractivity contribution in [1.82, 2.24) is 10.6 Å². The number of hydrogen-bond acceptors (Lipinski definition) is 3. The number of amides is 1. The topological polar surface area (TPSA) is 50.4 Å². The molecule has 0 aliphatic carbocycles. The number of rotatable bonds is 2. The fourth-order valence-corrected chi connectivity index (χ4v) is 2.02. The monoisotopic (exact) mass is 228 g/mol. The van der Waals surface area contributed by atoms with Crippen LogP contribution in [-0.2, 0) is 4.74 Å². The summed E-state index contributed by atoms with van der Waals surface area (Å²) in [5.41, 5.74) is -0.427. The summed E-state index contributed by atoms with van der Waals surface area (Å²) in [7, 11) is 0. The van der Waals surface area contributed by atoms with Gasteiger partial charge in [-0.15, -0.1) is 0 Å². The molecule has 1 aliphatic rings. The van der Waals surface area contributed by atoms with Crippen LogP contribution >= 0.6 is 0 Å². The molecule has 1 fully saturated rings. The summed E-state index contributed by atoms with van der Waals surface area (Å²) in [6.07, 6.45) is -0.313. The van der Waals surface area contributed by atoms with Crippen molar-refractivity contribution in [3.8, 4) is 0 Å². The van der Waals surface area contributed by atoms with Gasteiger partial charge in [0, 0.05) is 19.1 Å². The molecule has 2 N–H and O–H groups in total. The summed E-state index contributed by atoms with van der Waals surface area (Å²) in [4.78, 5) is 11.6. The standard InChI is InChI=1S/C12H24N2O2/c1-8(2)9-6-13-7-10(9)14-11(15)16-12(3,4)5/h8-10,13H,6-7H2,1-5H3,(H,14,15)/t9-,10-/m0/s1. The predicted octanol–water partition coefficient (Wildman–Crippen LogP) is 1.76. The minimum absolute atomic E-state index is 0.190. The number of alkyl carbamates (subject to hydrolysis) is 1. The summed E-state index contributed by atoms with van der Waals surface area (Å²) in [5.74, 6) is 1.06. The van der Waals surface area contributed by atoms with Gasteiger partial charge in [-0.2, -0.15) is 0 Å². The molecule has 0 unspecified atom stereocenters. The number of hydrogen-bond donors (Lipinski definition) is 2. The first-order valence-electron chi connectivity index (χ1n) is 6.00. The van der Waals surface area contributed by atoms with Crippen LogP contribution in [0.4, 0.5) is 4.79 Å². The number of nitrogens with one attached hydrogen (secondary N) is 2.